The summed E-state index contributed by atoms with van der Waals surface area (Å²) in [6.07, 6.45) is 0. The number of nitrogens with zero attached hydrogens (tertiary/aromatic N) is 4. The first-order chi connectivity index (χ1) is 14.1. The van der Waals surface area contributed by atoms with Crippen molar-refractivity contribution in [1.29, 1.82) is 0 Å². The highest BCUT2D eigenvalue weighted by atomic mass is 32.1. The number of anilines is 1. The Morgan fingerprint density at radius 3 is 2.66 bits per heavy atom. The van der Waals surface area contributed by atoms with Gasteiger partial charge in [0.25, 0.3) is 5.91 Å². The van der Waals surface area contributed by atoms with Gasteiger partial charge in [0.05, 0.1) is 5.00 Å². The first-order valence-electron chi connectivity index (χ1n) is 9.73. The van der Waals surface area contributed by atoms with Crippen LogP contribution in [0.25, 0.3) is 0 Å². The normalized spacial score (nSPS) is 14.7. The summed E-state index contributed by atoms with van der Waals surface area (Å²) in [5.41, 5.74) is 1.08. The number of thiophene rings is 1. The molecule has 7 nitrogen and oxygen atoms in total. The van der Waals surface area contributed by atoms with E-state index in [1.165, 1.54) is 9.90 Å². The Labute approximate surface area is 176 Å². The maximum Gasteiger partial charge on any atom is 0.259 e. The molecule has 8 heteroatoms. The van der Waals surface area contributed by atoms with Crippen LogP contribution in [0, 0.1) is 0 Å². The van der Waals surface area contributed by atoms with Gasteiger partial charge in [0.2, 0.25) is 0 Å². The smallest absolute Gasteiger partial charge is 0.259 e. The number of rotatable bonds is 6. The molecule has 1 N–H and O–H groups in total. The molecule has 1 aromatic heterocycles. The Balaban J connectivity index is 1.49. The van der Waals surface area contributed by atoms with Crippen LogP contribution in [-0.2, 0) is 11.3 Å². The van der Waals surface area contributed by atoms with Crippen LogP contribution < -0.4 is 15.0 Å². The van der Waals surface area contributed by atoms with Gasteiger partial charge < -0.3 is 24.8 Å². The van der Waals surface area contributed by atoms with Crippen molar-refractivity contribution >= 4 is 28.2 Å². The molecule has 0 aliphatic carbocycles. The number of likely N-dealkylation sites (N-methyl/N-ethyl adjacent to an activating group) is 1. The van der Waals surface area contributed by atoms with E-state index in [4.69, 9.17) is 4.74 Å². The number of benzene rings is 1. The molecule has 0 unspecified atom stereocenters. The predicted octanol–water partition coefficient (Wildman–Crippen LogP) is 2.11. The van der Waals surface area contributed by atoms with Crippen LogP contribution in [0.4, 0.5) is 5.00 Å². The minimum atomic E-state index is -0.0596. The summed E-state index contributed by atoms with van der Waals surface area (Å²) in [4.78, 5) is 22.4. The SMILES string of the molecule is CN=C(NCc1cccc(OCC(=O)N(C)C)c1)N1CCN(c2cccs2)CC1. The highest BCUT2D eigenvalue weighted by Gasteiger charge is 2.20. The molecular formula is C21H29N5O2S. The third-order valence-corrected chi connectivity index (χ3v) is 5.75. The molecule has 0 atom stereocenters. The summed E-state index contributed by atoms with van der Waals surface area (Å²) in [5.74, 6) is 1.54. The summed E-state index contributed by atoms with van der Waals surface area (Å²) in [6, 6.07) is 12.1. The number of piperazine rings is 1. The zero-order valence-electron chi connectivity index (χ0n) is 17.3. The molecule has 0 spiro atoms. The molecule has 1 amide bonds. The second-order valence-corrected chi connectivity index (χ2v) is 7.98. The summed E-state index contributed by atoms with van der Waals surface area (Å²) >= 11 is 1.79. The fourth-order valence-electron chi connectivity index (χ4n) is 3.12. The van der Waals surface area contributed by atoms with Crippen molar-refractivity contribution in [3.05, 3.63) is 47.3 Å². The molecule has 0 saturated carbocycles. The lowest BCUT2D eigenvalue weighted by molar-refractivity contribution is -0.130. The number of ether oxygens (including phenoxy) is 1. The number of carbonyl (C=O) groups is 1. The Kier molecular flexibility index (Phi) is 7.35. The zero-order chi connectivity index (χ0) is 20.6. The number of guanidine groups is 1. The predicted molar refractivity (Wildman–Crippen MR) is 119 cm³/mol. The van der Waals surface area contributed by atoms with Crippen molar-refractivity contribution in [2.75, 3.05) is 58.8 Å². The second-order valence-electron chi connectivity index (χ2n) is 7.05. The summed E-state index contributed by atoms with van der Waals surface area (Å²) in [5, 5.41) is 6.90. The number of amides is 1. The molecule has 1 aliphatic rings. The lowest BCUT2D eigenvalue weighted by Gasteiger charge is -2.37. The number of aliphatic imine (C=N–C) groups is 1. The van der Waals surface area contributed by atoms with Gasteiger partial charge in [-0.15, -0.1) is 11.3 Å². The average Bonchev–Trinajstić information content (AvgIpc) is 3.28. The Morgan fingerprint density at radius 1 is 1.21 bits per heavy atom. The van der Waals surface area contributed by atoms with Gasteiger partial charge in [-0.25, -0.2) is 0 Å². The number of hydrogen-bond donors (Lipinski definition) is 1. The van der Waals surface area contributed by atoms with Gasteiger partial charge in [0.1, 0.15) is 5.75 Å². The lowest BCUT2D eigenvalue weighted by atomic mass is 10.2. The van der Waals surface area contributed by atoms with Crippen LogP contribution in [0.15, 0.2) is 46.8 Å². The fraction of sp³-hybridized carbons (Fsp3) is 0.429. The van der Waals surface area contributed by atoms with Gasteiger partial charge in [-0.3, -0.25) is 9.79 Å². The van der Waals surface area contributed by atoms with E-state index in [2.05, 4.69) is 37.6 Å². The summed E-state index contributed by atoms with van der Waals surface area (Å²) in [6.45, 7) is 4.55. The van der Waals surface area contributed by atoms with E-state index in [9.17, 15) is 4.79 Å². The highest BCUT2D eigenvalue weighted by Crippen LogP contribution is 2.22. The van der Waals surface area contributed by atoms with Crippen molar-refractivity contribution in [3.8, 4) is 5.75 Å². The zero-order valence-corrected chi connectivity index (χ0v) is 18.1. The van der Waals surface area contributed by atoms with Gasteiger partial charge >= 0.3 is 0 Å². The molecule has 1 aromatic carbocycles. The Morgan fingerprint density at radius 2 is 2.00 bits per heavy atom. The quantitative estimate of drug-likeness (QED) is 0.578. The molecule has 156 valence electrons. The van der Waals surface area contributed by atoms with Gasteiger partial charge in [-0.05, 0) is 35.2 Å². The van der Waals surface area contributed by atoms with Gasteiger partial charge in [0.15, 0.2) is 12.6 Å². The van der Waals surface area contributed by atoms with Crippen LogP contribution in [0.2, 0.25) is 0 Å². The van der Waals surface area contributed by atoms with E-state index in [1.54, 1.807) is 25.4 Å². The van der Waals surface area contributed by atoms with Gasteiger partial charge in [-0.1, -0.05) is 12.1 Å². The molecule has 1 aliphatic heterocycles. The van der Waals surface area contributed by atoms with Gasteiger partial charge in [-0.2, -0.15) is 0 Å². The average molecular weight is 416 g/mol. The van der Waals surface area contributed by atoms with Crippen LogP contribution >= 0.6 is 11.3 Å². The van der Waals surface area contributed by atoms with Crippen molar-refractivity contribution in [2.45, 2.75) is 6.54 Å². The molecule has 0 bridgehead atoms. The molecule has 1 saturated heterocycles. The lowest BCUT2D eigenvalue weighted by Crippen LogP contribution is -2.52. The van der Waals surface area contributed by atoms with Crippen LogP contribution in [0.5, 0.6) is 5.75 Å². The highest BCUT2D eigenvalue weighted by molar-refractivity contribution is 7.14. The van der Waals surface area contributed by atoms with E-state index in [1.807, 2.05) is 31.3 Å². The second kappa shape index (κ2) is 10.2. The number of hydrogen-bond acceptors (Lipinski definition) is 5. The van der Waals surface area contributed by atoms with Crippen molar-refractivity contribution in [3.63, 3.8) is 0 Å². The first kappa shape index (κ1) is 21.0. The molecule has 0 radical (unpaired) electrons. The fourth-order valence-corrected chi connectivity index (χ4v) is 3.91. The van der Waals surface area contributed by atoms with Crippen molar-refractivity contribution < 1.29 is 9.53 Å². The number of nitrogens with one attached hydrogen (secondary N) is 1. The number of carbonyl (C=O) groups excluding carboxylic acids is 1. The van der Waals surface area contributed by atoms with E-state index < -0.39 is 0 Å². The van der Waals surface area contributed by atoms with Crippen LogP contribution in [0.1, 0.15) is 5.56 Å². The molecule has 3 rings (SSSR count). The molecule has 29 heavy (non-hydrogen) atoms. The monoisotopic (exact) mass is 415 g/mol. The van der Waals surface area contributed by atoms with E-state index in [0.717, 1.165) is 37.7 Å². The molecule has 2 aromatic rings. The largest absolute Gasteiger partial charge is 0.484 e. The first-order valence-corrected chi connectivity index (χ1v) is 10.6. The van der Waals surface area contributed by atoms with E-state index >= 15 is 0 Å². The minimum Gasteiger partial charge on any atom is -0.484 e. The summed E-state index contributed by atoms with van der Waals surface area (Å²) in [7, 11) is 5.26. The van der Waals surface area contributed by atoms with Crippen LogP contribution in [-0.4, -0.2) is 75.6 Å². The molecular weight excluding hydrogens is 386 g/mol. The molecule has 1 fully saturated rings. The Hall–Kier alpha value is -2.74. The van der Waals surface area contributed by atoms with Gasteiger partial charge in [0, 0.05) is 53.9 Å². The standard InChI is InChI=1S/C21H29N5O2S/c1-22-21(26-11-9-25(10-12-26)20-8-5-13-29-20)23-15-17-6-4-7-18(14-17)28-16-19(27)24(2)3/h4-8,13-14H,9-12,15-16H2,1-3H3,(H,22,23). The molecule has 2 heterocycles. The summed E-state index contributed by atoms with van der Waals surface area (Å²) < 4.78 is 5.60. The minimum absolute atomic E-state index is 0.0417. The maximum atomic E-state index is 11.7. The van der Waals surface area contributed by atoms with Crippen molar-refractivity contribution in [2.24, 2.45) is 4.99 Å². The third kappa shape index (κ3) is 5.87. The topological polar surface area (TPSA) is 60.4 Å². The maximum absolute atomic E-state index is 11.7. The Bertz CT molecular complexity index is 814. The van der Waals surface area contributed by atoms with E-state index in [0.29, 0.717) is 12.3 Å². The van der Waals surface area contributed by atoms with E-state index in [-0.39, 0.29) is 12.5 Å². The third-order valence-electron chi connectivity index (χ3n) is 4.82. The van der Waals surface area contributed by atoms with Crippen molar-refractivity contribution in [1.82, 2.24) is 15.1 Å². The van der Waals surface area contributed by atoms with Crippen LogP contribution in [0.3, 0.4) is 0 Å².